The molecule has 1 aromatic carbocycles. The number of rotatable bonds is 4. The first-order chi connectivity index (χ1) is 11.8. The van der Waals surface area contributed by atoms with Crippen molar-refractivity contribution in [1.29, 1.82) is 0 Å². The van der Waals surface area contributed by atoms with Crippen LogP contribution in [0.1, 0.15) is 39.4 Å². The van der Waals surface area contributed by atoms with Crippen LogP contribution in [-0.2, 0) is 19.0 Å². The minimum absolute atomic E-state index is 0.214. The largest absolute Gasteiger partial charge is 0.456 e. The van der Waals surface area contributed by atoms with Crippen LogP contribution in [0.5, 0.6) is 0 Å². The predicted molar refractivity (Wildman–Crippen MR) is 92.9 cm³/mol. The van der Waals surface area contributed by atoms with Crippen molar-refractivity contribution < 1.29 is 24.1 Å². The van der Waals surface area contributed by atoms with Gasteiger partial charge in [-0.15, -0.1) is 0 Å². The van der Waals surface area contributed by atoms with Crippen LogP contribution in [-0.4, -0.2) is 41.6 Å². The number of fused-ring (bicyclic) bond motifs is 2. The average molecular weight is 346 g/mol. The molecule has 0 aromatic heterocycles. The van der Waals surface area contributed by atoms with E-state index in [-0.39, 0.29) is 18.2 Å². The molecular formula is C20H26O5. The number of ether oxygens (including phenoxy) is 3. The van der Waals surface area contributed by atoms with Gasteiger partial charge in [-0.25, -0.2) is 0 Å². The highest BCUT2D eigenvalue weighted by molar-refractivity contribution is 5.75. The standard InChI is InChI=1S/C20H26O5/c1-12(13-8-6-5-7-9-13)23-17-14-10-11-15(24-14)18(16(17)21)25-19(22)20(2,3)4/h5-12,14-18,21H,1-4H3/t12-,14+,15-,16-,17-,18+/m0/s1. The Morgan fingerprint density at radius 3 is 2.32 bits per heavy atom. The Morgan fingerprint density at radius 2 is 1.72 bits per heavy atom. The number of aliphatic hydroxyl groups excluding tert-OH is 1. The molecular weight excluding hydrogens is 320 g/mol. The smallest absolute Gasteiger partial charge is 0.311 e. The zero-order valence-corrected chi connectivity index (χ0v) is 15.1. The second-order valence-electron chi connectivity index (χ2n) is 7.71. The summed E-state index contributed by atoms with van der Waals surface area (Å²) in [6.45, 7) is 7.28. The summed E-state index contributed by atoms with van der Waals surface area (Å²) in [5.41, 5.74) is 0.370. The molecule has 25 heavy (non-hydrogen) atoms. The molecule has 2 bridgehead atoms. The number of esters is 1. The maximum atomic E-state index is 12.3. The van der Waals surface area contributed by atoms with E-state index >= 15 is 0 Å². The molecule has 0 radical (unpaired) electrons. The molecule has 6 atom stereocenters. The molecule has 0 amide bonds. The van der Waals surface area contributed by atoms with E-state index in [2.05, 4.69) is 0 Å². The molecule has 136 valence electrons. The highest BCUT2D eigenvalue weighted by Crippen LogP contribution is 2.35. The van der Waals surface area contributed by atoms with Gasteiger partial charge < -0.3 is 19.3 Å². The molecule has 3 rings (SSSR count). The van der Waals surface area contributed by atoms with Crippen LogP contribution < -0.4 is 0 Å². The van der Waals surface area contributed by atoms with Crippen molar-refractivity contribution in [1.82, 2.24) is 0 Å². The van der Waals surface area contributed by atoms with Gasteiger partial charge in [-0.2, -0.15) is 0 Å². The summed E-state index contributed by atoms with van der Waals surface area (Å²) in [7, 11) is 0. The molecule has 0 aliphatic carbocycles. The predicted octanol–water partition coefficient (Wildman–Crippen LogP) is 2.79. The van der Waals surface area contributed by atoms with Gasteiger partial charge in [0, 0.05) is 0 Å². The molecule has 0 saturated carbocycles. The van der Waals surface area contributed by atoms with E-state index in [1.165, 1.54) is 0 Å². The van der Waals surface area contributed by atoms with Crippen LogP contribution in [0.25, 0.3) is 0 Å². The third-order valence-electron chi connectivity index (χ3n) is 4.61. The Balaban J connectivity index is 1.74. The van der Waals surface area contributed by atoms with Gasteiger partial charge in [0.15, 0.2) is 6.10 Å². The van der Waals surface area contributed by atoms with Gasteiger partial charge in [0.25, 0.3) is 0 Å². The number of hydrogen-bond donors (Lipinski definition) is 1. The number of aliphatic hydroxyl groups is 1. The molecule has 1 fully saturated rings. The van der Waals surface area contributed by atoms with Crippen molar-refractivity contribution >= 4 is 5.97 Å². The van der Waals surface area contributed by atoms with Gasteiger partial charge >= 0.3 is 5.97 Å². The summed E-state index contributed by atoms with van der Waals surface area (Å²) in [6.07, 6.45) is 0.420. The minimum atomic E-state index is -0.948. The quantitative estimate of drug-likeness (QED) is 0.671. The zero-order valence-electron chi connectivity index (χ0n) is 15.1. The van der Waals surface area contributed by atoms with Gasteiger partial charge in [0.05, 0.1) is 11.5 Å². The van der Waals surface area contributed by atoms with E-state index in [4.69, 9.17) is 14.2 Å². The normalized spacial score (nSPS) is 32.4. The van der Waals surface area contributed by atoms with Crippen molar-refractivity contribution in [3.63, 3.8) is 0 Å². The van der Waals surface area contributed by atoms with Gasteiger partial charge in [-0.3, -0.25) is 4.79 Å². The molecule has 2 heterocycles. The highest BCUT2D eigenvalue weighted by Gasteiger charge is 2.50. The summed E-state index contributed by atoms with van der Waals surface area (Å²) in [4.78, 5) is 12.3. The molecule has 2 aliphatic heterocycles. The number of hydrogen-bond acceptors (Lipinski definition) is 5. The maximum absolute atomic E-state index is 12.3. The molecule has 2 aliphatic rings. The van der Waals surface area contributed by atoms with Gasteiger partial charge in [0.2, 0.25) is 0 Å². The topological polar surface area (TPSA) is 65.0 Å². The van der Waals surface area contributed by atoms with E-state index in [0.717, 1.165) is 5.56 Å². The zero-order chi connectivity index (χ0) is 18.2. The highest BCUT2D eigenvalue weighted by atomic mass is 16.6. The van der Waals surface area contributed by atoms with Gasteiger partial charge in [-0.05, 0) is 33.3 Å². The van der Waals surface area contributed by atoms with Crippen molar-refractivity contribution in [3.8, 4) is 0 Å². The molecule has 1 saturated heterocycles. The second kappa shape index (κ2) is 6.90. The fraction of sp³-hybridized carbons (Fsp3) is 0.550. The first-order valence-corrected chi connectivity index (χ1v) is 8.71. The molecule has 0 unspecified atom stereocenters. The summed E-state index contributed by atoms with van der Waals surface area (Å²) >= 11 is 0. The number of benzene rings is 1. The third kappa shape index (κ3) is 3.78. The number of carbonyl (C=O) groups excluding carboxylic acids is 1. The van der Waals surface area contributed by atoms with Gasteiger partial charge in [0.1, 0.15) is 24.4 Å². The lowest BCUT2D eigenvalue weighted by Crippen LogP contribution is -2.57. The third-order valence-corrected chi connectivity index (χ3v) is 4.61. The van der Waals surface area contributed by atoms with E-state index in [0.29, 0.717) is 0 Å². The Hall–Kier alpha value is -1.69. The van der Waals surface area contributed by atoms with Crippen molar-refractivity contribution in [3.05, 3.63) is 48.0 Å². The fourth-order valence-electron chi connectivity index (χ4n) is 3.07. The SMILES string of the molecule is C[C@H](O[C@@H]1[C@H](O)[C@H](OC(=O)C(C)(C)C)[C@@H]2C=C[C@H]1O2)c1ccccc1. The Bertz CT molecular complexity index is 633. The summed E-state index contributed by atoms with van der Waals surface area (Å²) < 4.78 is 17.5. The van der Waals surface area contributed by atoms with E-state index < -0.39 is 29.8 Å². The average Bonchev–Trinajstić information content (AvgIpc) is 3.01. The summed E-state index contributed by atoms with van der Waals surface area (Å²) in [5.74, 6) is -0.367. The lowest BCUT2D eigenvalue weighted by atomic mass is 9.95. The van der Waals surface area contributed by atoms with E-state index in [1.807, 2.05) is 49.4 Å². The summed E-state index contributed by atoms with van der Waals surface area (Å²) in [6, 6.07) is 9.79. The Kier molecular flexibility index (Phi) is 5.00. The van der Waals surface area contributed by atoms with Crippen LogP contribution in [0.2, 0.25) is 0 Å². The van der Waals surface area contributed by atoms with Crippen molar-refractivity contribution in [2.24, 2.45) is 5.41 Å². The van der Waals surface area contributed by atoms with Crippen LogP contribution in [0, 0.1) is 5.41 Å². The van der Waals surface area contributed by atoms with Gasteiger partial charge in [-0.1, -0.05) is 42.5 Å². The first kappa shape index (κ1) is 18.1. The molecule has 5 nitrogen and oxygen atoms in total. The van der Waals surface area contributed by atoms with Crippen LogP contribution >= 0.6 is 0 Å². The number of carbonyl (C=O) groups is 1. The minimum Gasteiger partial charge on any atom is -0.456 e. The lowest BCUT2D eigenvalue weighted by molar-refractivity contribution is -0.229. The van der Waals surface area contributed by atoms with Crippen LogP contribution in [0.3, 0.4) is 0 Å². The van der Waals surface area contributed by atoms with E-state index in [9.17, 15) is 9.90 Å². The lowest BCUT2D eigenvalue weighted by Gasteiger charge is -2.41. The van der Waals surface area contributed by atoms with Crippen LogP contribution in [0.4, 0.5) is 0 Å². The van der Waals surface area contributed by atoms with E-state index in [1.54, 1.807) is 20.8 Å². The first-order valence-electron chi connectivity index (χ1n) is 8.71. The second-order valence-corrected chi connectivity index (χ2v) is 7.71. The monoisotopic (exact) mass is 346 g/mol. The fourth-order valence-corrected chi connectivity index (χ4v) is 3.07. The Labute approximate surface area is 148 Å². The molecule has 5 heteroatoms. The Morgan fingerprint density at radius 1 is 1.12 bits per heavy atom. The molecule has 1 N–H and O–H groups in total. The van der Waals surface area contributed by atoms with Crippen molar-refractivity contribution in [2.45, 2.75) is 64.3 Å². The van der Waals surface area contributed by atoms with Crippen LogP contribution in [0.15, 0.2) is 42.5 Å². The molecule has 0 spiro atoms. The summed E-state index contributed by atoms with van der Waals surface area (Å²) in [5, 5.41) is 10.8. The molecule has 1 aromatic rings. The van der Waals surface area contributed by atoms with Crippen molar-refractivity contribution in [2.75, 3.05) is 0 Å². The maximum Gasteiger partial charge on any atom is 0.311 e.